The van der Waals surface area contributed by atoms with Crippen molar-refractivity contribution in [3.05, 3.63) is 12.3 Å². The minimum atomic E-state index is 0. The van der Waals surface area contributed by atoms with Gasteiger partial charge in [0.25, 0.3) is 0 Å². The van der Waals surface area contributed by atoms with Crippen molar-refractivity contribution in [1.29, 1.82) is 0 Å². The molecule has 0 spiro atoms. The third-order valence-electron chi connectivity index (χ3n) is 0. The Bertz CT molecular complexity index is 19.0. The second kappa shape index (κ2) is 68.5. The number of hydrogen-bond acceptors (Lipinski definition) is 1. The maximum absolute atomic E-state index is 8.24. The monoisotopic (exact) mass is 184 g/mol. The van der Waals surface area contributed by atoms with Crippen LogP contribution >= 0.6 is 0 Å². The molecule has 0 unspecified atom stereocenters. The first-order valence-electron chi connectivity index (χ1n) is 0.428. The molecule has 0 aliphatic carbocycles. The van der Waals surface area contributed by atoms with Crippen LogP contribution in [0, 0.1) is 0 Å². The molecule has 0 saturated heterocycles. The van der Waals surface area contributed by atoms with E-state index in [4.69, 9.17) is 9.90 Å². The molecule has 0 heterocycles. The van der Waals surface area contributed by atoms with Crippen LogP contribution in [0.15, 0.2) is 0 Å². The third-order valence-corrected chi connectivity index (χ3v) is 0. The van der Waals surface area contributed by atoms with Crippen LogP contribution in [0.3, 0.4) is 0 Å². The van der Waals surface area contributed by atoms with E-state index >= 15 is 0 Å². The van der Waals surface area contributed by atoms with Crippen molar-refractivity contribution in [2.75, 3.05) is 0 Å². The van der Waals surface area contributed by atoms with Gasteiger partial charge in [0.1, 0.15) is 0 Å². The summed E-state index contributed by atoms with van der Waals surface area (Å²) >= 11 is 0. The fraction of sp³-hybridized carbons (Fsp3) is 0. The molecule has 4 nitrogen and oxygen atoms in total. The molecule has 0 fully saturated rings. The minimum Gasteiger partial charge on any atom is -0.693 e. The zero-order valence-corrected chi connectivity index (χ0v) is 4.29. The van der Waals surface area contributed by atoms with Crippen molar-refractivity contribution in [1.82, 2.24) is 0 Å². The van der Waals surface area contributed by atoms with E-state index < -0.39 is 0 Å². The molecule has 0 amide bonds. The summed E-state index contributed by atoms with van der Waals surface area (Å²) in [6.07, 6.45) is 0. The van der Waals surface area contributed by atoms with Crippen LogP contribution in [-0.2, 0) is 27.2 Å². The van der Waals surface area contributed by atoms with Gasteiger partial charge in [0.15, 0.2) is 0 Å². The smallest absolute Gasteiger partial charge is 0 e. The van der Waals surface area contributed by atoms with Crippen LogP contribution in [0.5, 0.6) is 0 Å². The fourth-order valence-corrected chi connectivity index (χ4v) is 0. The molecule has 45 valence electrons. The van der Waals surface area contributed by atoms with E-state index in [0.717, 1.165) is 0 Å². The van der Waals surface area contributed by atoms with E-state index in [1.165, 1.54) is 0 Å². The summed E-state index contributed by atoms with van der Waals surface area (Å²) in [7, 11) is 0. The molecule has 0 aromatic carbocycles. The molecule has 0 aromatic rings. The summed E-state index contributed by atoms with van der Waals surface area (Å²) in [5, 5.41) is 6.76. The van der Waals surface area contributed by atoms with Gasteiger partial charge in [0.05, 0.1) is 0 Å². The van der Waals surface area contributed by atoms with E-state index in [9.17, 15) is 0 Å². The largest absolute Gasteiger partial charge is 0.693 e. The molecule has 0 aromatic heterocycles. The first kappa shape index (κ1) is 35.6. The molecule has 1 radical (unpaired) electrons. The van der Waals surface area contributed by atoms with Gasteiger partial charge in [-0.2, -0.15) is 0 Å². The van der Waals surface area contributed by atoms with Gasteiger partial charge in [0, 0.05) is 22.4 Å². The van der Waals surface area contributed by atoms with Crippen LogP contribution in [0.1, 0.15) is 0 Å². The van der Waals surface area contributed by atoms with Crippen molar-refractivity contribution in [2.24, 2.45) is 0 Å². The van der Waals surface area contributed by atoms with Gasteiger partial charge in [-0.25, -0.2) is 0 Å². The average Bonchev–Trinajstić information content (AvgIpc) is 0.918. The van der Waals surface area contributed by atoms with Gasteiger partial charge >= 0.3 is 0 Å². The second-order valence-electron chi connectivity index (χ2n) is 0.0913. The van der Waals surface area contributed by atoms with Crippen LogP contribution in [0.4, 0.5) is 0 Å². The maximum atomic E-state index is 8.24. The van der Waals surface area contributed by atoms with E-state index in [-0.39, 0.29) is 34.7 Å². The van der Waals surface area contributed by atoms with E-state index in [0.29, 0.717) is 6.47 Å². The Balaban J connectivity index is -0.00000000667. The summed E-state index contributed by atoms with van der Waals surface area (Å²) < 4.78 is 0. The van der Waals surface area contributed by atoms with Crippen molar-refractivity contribution in [2.45, 2.75) is 0 Å². The van der Waals surface area contributed by atoms with Crippen LogP contribution in [0.25, 0.3) is 12.3 Å². The topological polar surface area (TPSA) is 104 Å². The van der Waals surface area contributed by atoms with E-state index in [1.807, 2.05) is 0 Å². The summed E-state index contributed by atoms with van der Waals surface area (Å²) in [4.78, 5) is 8.24. The molecule has 5 N–H and O–H groups in total. The van der Waals surface area contributed by atoms with Crippen molar-refractivity contribution >= 4 is 6.47 Å². The van der Waals surface area contributed by atoms with Gasteiger partial charge in [-0.05, 0) is 0 Å². The Labute approximate surface area is 51.6 Å². The van der Waals surface area contributed by atoms with E-state index in [1.54, 1.807) is 0 Å². The quantitative estimate of drug-likeness (QED) is 0.449. The Hall–Kier alpha value is 0.130. The Morgan fingerprint density at radius 1 is 1.33 bits per heavy atom. The van der Waals surface area contributed by atoms with Crippen molar-refractivity contribution in [3.63, 3.8) is 0 Å². The predicted octanol–water partition coefficient (Wildman–Crippen LogP) is 1.04. The van der Waals surface area contributed by atoms with Gasteiger partial charge in [-0.3, -0.25) is 0 Å². The summed E-state index contributed by atoms with van der Waals surface area (Å²) in [5.41, 5.74) is 0. The Kier molecular flexibility index (Phi) is 406. The number of rotatable bonds is 0. The van der Waals surface area contributed by atoms with Crippen LogP contribution in [0.2, 0.25) is 0 Å². The zero-order valence-electron chi connectivity index (χ0n) is 2.81. The zero-order chi connectivity index (χ0) is 2.71. The Morgan fingerprint density at radius 2 is 1.33 bits per heavy atom. The molecule has 6 heavy (non-hydrogen) atoms. The maximum Gasteiger partial charge on any atom is 0 e. The first-order valence-corrected chi connectivity index (χ1v) is 0.428. The second-order valence-corrected chi connectivity index (χ2v) is 0.0913. The van der Waals surface area contributed by atoms with Gasteiger partial charge in [-0.15, -0.1) is 0 Å². The van der Waals surface area contributed by atoms with Gasteiger partial charge in [-0.1, -0.05) is 6.47 Å². The first-order chi connectivity index (χ1) is 1.41. The Morgan fingerprint density at radius 3 is 1.33 bits per heavy atom. The molecule has 0 bridgehead atoms. The molecule has 0 aliphatic heterocycles. The van der Waals surface area contributed by atoms with Gasteiger partial charge in [0.2, 0.25) is 0 Å². The number of aliphatic hydroxyl groups excluding tert-OH is 1. The number of hydrogen-bond donors (Lipinski definition) is 1. The molecule has 0 saturated carbocycles. The molecule has 0 aliphatic rings. The third kappa shape index (κ3) is 2390. The summed E-state index contributed by atoms with van der Waals surface area (Å²) in [6, 6.07) is 0. The summed E-state index contributed by atoms with van der Waals surface area (Å²) in [5.74, 6) is 0. The van der Waals surface area contributed by atoms with Crippen molar-refractivity contribution < 1.29 is 32.3 Å². The van der Waals surface area contributed by atoms with Gasteiger partial charge < -0.3 is 22.2 Å². The SMILES string of the molecule is O=[C-]O.[Ag].[NH2-].[NH2-]. The average molecular weight is 185 g/mol. The fourth-order valence-electron chi connectivity index (χ4n) is 0. The van der Waals surface area contributed by atoms with Crippen molar-refractivity contribution in [3.8, 4) is 0 Å². The standard InChI is InChI=1S/CHO2.Ag.2H2N/c2-1-3;;;/h(H,2,3);;2*1H2/q-1;;2*-1. The summed E-state index contributed by atoms with van der Waals surface area (Å²) in [6.45, 7) is 0.500. The molecule has 0 atom stereocenters. The minimum absolute atomic E-state index is 0. The predicted molar refractivity (Wildman–Crippen MR) is 18.9 cm³/mol. The van der Waals surface area contributed by atoms with Crippen LogP contribution in [-0.4, -0.2) is 11.6 Å². The molecular weight excluding hydrogens is 180 g/mol. The van der Waals surface area contributed by atoms with E-state index in [2.05, 4.69) is 0 Å². The molecule has 5 heteroatoms. The number of nitrogens with two attached hydrogens (primary N) is 2. The normalized spacial score (nSPS) is 2.00. The molecular formula is CH5AgN2O2-3. The molecule has 0 rings (SSSR count). The van der Waals surface area contributed by atoms with Crippen LogP contribution < -0.4 is 0 Å².